The summed E-state index contributed by atoms with van der Waals surface area (Å²) in [5.41, 5.74) is -3.04. The third-order valence-corrected chi connectivity index (χ3v) is 9.53. The van der Waals surface area contributed by atoms with Crippen LogP contribution in [0.3, 0.4) is 0 Å². The van der Waals surface area contributed by atoms with E-state index in [9.17, 15) is 37.8 Å². The molecule has 0 unspecified atom stereocenters. The maximum absolute atomic E-state index is 12.7. The fourth-order valence-electron chi connectivity index (χ4n) is 4.42. The normalized spacial score (nSPS) is 15.8. The van der Waals surface area contributed by atoms with Crippen molar-refractivity contribution in [1.82, 2.24) is 23.4 Å². The Kier molecular flexibility index (Phi) is 19.5. The monoisotopic (exact) mass is 803 g/mol. The molecular weight excluding hydrogens is 762 g/mol. The molecule has 3 heterocycles. The lowest BCUT2D eigenvalue weighted by Crippen LogP contribution is -2.47. The van der Waals surface area contributed by atoms with Gasteiger partial charge >= 0.3 is 26.3 Å². The van der Waals surface area contributed by atoms with Crippen molar-refractivity contribution in [2.75, 3.05) is 52.4 Å². The van der Waals surface area contributed by atoms with Crippen molar-refractivity contribution in [1.29, 1.82) is 5.26 Å². The van der Waals surface area contributed by atoms with Crippen molar-refractivity contribution in [3.8, 4) is 6.07 Å². The molecule has 2 fully saturated rings. The van der Waals surface area contributed by atoms with Gasteiger partial charge in [0.25, 0.3) is 5.82 Å². The molecule has 2 aliphatic rings. The first-order valence-corrected chi connectivity index (χ1v) is 19.4. The van der Waals surface area contributed by atoms with Crippen molar-refractivity contribution in [2.45, 2.75) is 32.4 Å². The zero-order chi connectivity index (χ0) is 39.6. The minimum absolute atomic E-state index is 0.228. The van der Waals surface area contributed by atoms with Gasteiger partial charge in [0.2, 0.25) is 0 Å². The van der Waals surface area contributed by atoms with Gasteiger partial charge in [0.05, 0.1) is 13.1 Å². The first-order chi connectivity index (χ1) is 24.1. The molecule has 0 amide bonds. The fourth-order valence-corrected chi connectivity index (χ4v) is 5.66. The molecule has 1 aromatic heterocycles. The van der Waals surface area contributed by atoms with Crippen molar-refractivity contribution in [3.05, 3.63) is 90.0 Å². The van der Waals surface area contributed by atoms with Gasteiger partial charge in [-0.3, -0.25) is 9.80 Å². The zero-order valence-electron chi connectivity index (χ0n) is 28.7. The van der Waals surface area contributed by atoms with E-state index in [4.69, 9.17) is 18.2 Å². The standard InChI is InChI=1S/C11H15FN2O2S.C11H16N2.C5H8FN2O2S.C2H3N.CHF3O3S/c12-17(15,16)14-8-6-13(7-9-14)10-11-4-2-1-3-5-11;1-2-4-11(5-3-1)10-13-8-6-12-7-9-13;1-5-7(2)3-4-8(5)11(6,9)10;1-2-3;2-1(3,4)8(5,6)7/h1-5H,6-10H2;1-5,12H,6-10H2;3-4H,1-2H3;1H3;(H,5,6,7)/q;;+1;;/p-1. The molecule has 0 radical (unpaired) electrons. The van der Waals surface area contributed by atoms with Crippen LogP contribution in [0.5, 0.6) is 0 Å². The Hall–Kier alpha value is -3.56. The van der Waals surface area contributed by atoms with Crippen LogP contribution in [0.4, 0.5) is 20.9 Å². The van der Waals surface area contributed by atoms with Crippen LogP contribution >= 0.6 is 0 Å². The van der Waals surface area contributed by atoms with Crippen molar-refractivity contribution < 1.29 is 55.3 Å². The molecule has 5 rings (SSSR count). The number of imidazole rings is 1. The number of rotatable bonds is 6. The molecule has 3 aromatic rings. The molecule has 0 bridgehead atoms. The number of aromatic nitrogens is 2. The zero-order valence-corrected chi connectivity index (χ0v) is 31.1. The summed E-state index contributed by atoms with van der Waals surface area (Å²) in [6.45, 7) is 11.0. The third-order valence-electron chi connectivity index (χ3n) is 7.12. The smallest absolute Gasteiger partial charge is 0.485 e. The SMILES string of the molecule is CC#N.Cc1n(S(=O)(=O)F)cc[n+]1C.O=S(=O)(F)N1CCN(Cc2ccccc2)CC1.O=S(=O)([O-])C(F)(F)F.c1ccc(CN2CCNCC2)cc1. The third kappa shape index (κ3) is 18.3. The molecule has 52 heavy (non-hydrogen) atoms. The van der Waals surface area contributed by atoms with Gasteiger partial charge in [0.1, 0.15) is 12.4 Å². The summed E-state index contributed by atoms with van der Waals surface area (Å²) in [6, 6.07) is 22.4. The minimum Gasteiger partial charge on any atom is -0.741 e. The Morgan fingerprint density at radius 1 is 0.788 bits per heavy atom. The number of aryl methyl sites for hydroxylation is 1. The van der Waals surface area contributed by atoms with Crippen LogP contribution in [0.25, 0.3) is 0 Å². The van der Waals surface area contributed by atoms with Crippen molar-refractivity contribution >= 4 is 30.9 Å². The van der Waals surface area contributed by atoms with Crippen LogP contribution in [-0.2, 0) is 51.1 Å². The number of piperazine rings is 2. The van der Waals surface area contributed by atoms with Gasteiger partial charge in [-0.1, -0.05) is 72.4 Å². The summed E-state index contributed by atoms with van der Waals surface area (Å²) in [6.07, 6.45) is 2.62. The number of nitrogens with zero attached hydrogens (tertiary/aromatic N) is 6. The van der Waals surface area contributed by atoms with E-state index in [2.05, 4.69) is 45.4 Å². The van der Waals surface area contributed by atoms with Crippen LogP contribution in [0.15, 0.2) is 73.1 Å². The molecule has 14 nitrogen and oxygen atoms in total. The van der Waals surface area contributed by atoms with E-state index in [1.807, 2.05) is 30.3 Å². The molecule has 292 valence electrons. The van der Waals surface area contributed by atoms with Gasteiger partial charge in [-0.25, -0.2) is 13.0 Å². The molecule has 0 saturated carbocycles. The van der Waals surface area contributed by atoms with Gasteiger partial charge in [0, 0.05) is 79.3 Å². The van der Waals surface area contributed by atoms with E-state index < -0.39 is 36.4 Å². The number of hydrogen-bond donors (Lipinski definition) is 1. The summed E-state index contributed by atoms with van der Waals surface area (Å²) in [5.74, 6) is 0.326. The van der Waals surface area contributed by atoms with E-state index in [0.717, 1.165) is 36.7 Å². The van der Waals surface area contributed by atoms with Gasteiger partial charge in [-0.2, -0.15) is 39.6 Å². The van der Waals surface area contributed by atoms with E-state index in [0.29, 0.717) is 22.9 Å². The van der Waals surface area contributed by atoms with E-state index in [-0.39, 0.29) is 13.1 Å². The van der Waals surface area contributed by atoms with Crippen LogP contribution in [-0.4, -0.2) is 106 Å². The summed E-state index contributed by atoms with van der Waals surface area (Å²) in [5, 5.41) is 10.7. The van der Waals surface area contributed by atoms with Crippen molar-refractivity contribution in [2.24, 2.45) is 7.05 Å². The lowest BCUT2D eigenvalue weighted by molar-refractivity contribution is -0.676. The van der Waals surface area contributed by atoms with Crippen LogP contribution < -0.4 is 9.88 Å². The van der Waals surface area contributed by atoms with Gasteiger partial charge in [-0.15, -0.1) is 0 Å². The highest BCUT2D eigenvalue weighted by molar-refractivity contribution is 7.86. The second-order valence-electron chi connectivity index (χ2n) is 10.9. The second kappa shape index (κ2) is 21.8. The summed E-state index contributed by atoms with van der Waals surface area (Å²) in [4.78, 5) is 4.61. The summed E-state index contributed by atoms with van der Waals surface area (Å²) in [7, 11) is -13.6. The largest absolute Gasteiger partial charge is 0.741 e. The molecule has 2 aliphatic heterocycles. The number of halogens is 5. The first kappa shape index (κ1) is 46.5. The summed E-state index contributed by atoms with van der Waals surface area (Å²) < 4.78 is 129. The number of nitrogens with one attached hydrogen (secondary N) is 1. The highest BCUT2D eigenvalue weighted by atomic mass is 32.3. The topological polar surface area (TPSA) is 180 Å². The average Bonchev–Trinajstić information content (AvgIpc) is 3.41. The molecule has 0 aliphatic carbocycles. The van der Waals surface area contributed by atoms with Gasteiger partial charge in [0.15, 0.2) is 10.1 Å². The Morgan fingerprint density at radius 2 is 1.17 bits per heavy atom. The predicted molar refractivity (Wildman–Crippen MR) is 181 cm³/mol. The second-order valence-corrected chi connectivity index (χ2v) is 14.9. The molecule has 2 aromatic carbocycles. The molecule has 22 heteroatoms. The lowest BCUT2D eigenvalue weighted by Gasteiger charge is -2.31. The maximum atomic E-state index is 12.7. The van der Waals surface area contributed by atoms with Crippen LogP contribution in [0.2, 0.25) is 0 Å². The molecule has 0 atom stereocenters. The Balaban J connectivity index is 0.000000349. The number of hydrogen-bond acceptors (Lipinski definition) is 11. The minimum atomic E-state index is -6.09. The first-order valence-electron chi connectivity index (χ1n) is 15.3. The maximum Gasteiger partial charge on any atom is 0.485 e. The molecule has 1 N–H and O–H groups in total. The Morgan fingerprint density at radius 3 is 1.46 bits per heavy atom. The molecule has 2 saturated heterocycles. The highest BCUT2D eigenvalue weighted by Gasteiger charge is 2.37. The Labute approximate surface area is 302 Å². The Bertz CT molecular complexity index is 1850. The predicted octanol–water partition coefficient (Wildman–Crippen LogP) is 2.38. The average molecular weight is 804 g/mol. The summed E-state index contributed by atoms with van der Waals surface area (Å²) >= 11 is 0. The van der Waals surface area contributed by atoms with E-state index in [1.54, 1.807) is 13.1 Å². The van der Waals surface area contributed by atoms with E-state index >= 15 is 0 Å². The number of nitriles is 1. The number of benzene rings is 2. The van der Waals surface area contributed by atoms with Gasteiger partial charge < -0.3 is 9.87 Å². The van der Waals surface area contributed by atoms with Crippen LogP contribution in [0, 0.1) is 18.3 Å². The molecular formula is C30H42F5N7O7S3. The van der Waals surface area contributed by atoms with Crippen LogP contribution in [0.1, 0.15) is 23.9 Å². The number of alkyl halides is 3. The molecule has 0 spiro atoms. The highest BCUT2D eigenvalue weighted by Crippen LogP contribution is 2.20. The van der Waals surface area contributed by atoms with Gasteiger partial charge in [-0.05, 0) is 11.1 Å². The van der Waals surface area contributed by atoms with E-state index in [1.165, 1.54) is 48.8 Å². The lowest BCUT2D eigenvalue weighted by atomic mass is 10.2. The fraction of sp³-hybridized carbons (Fsp3) is 0.467. The quantitative estimate of drug-likeness (QED) is 0.127. The van der Waals surface area contributed by atoms with Crippen molar-refractivity contribution in [3.63, 3.8) is 0 Å².